The van der Waals surface area contributed by atoms with Crippen molar-refractivity contribution in [3.63, 3.8) is 0 Å². The molecule has 0 saturated carbocycles. The number of likely N-dealkylation sites (tertiary alicyclic amines) is 1. The lowest BCUT2D eigenvalue weighted by Crippen LogP contribution is -2.39. The summed E-state index contributed by atoms with van der Waals surface area (Å²) in [6, 6.07) is 6.30. The summed E-state index contributed by atoms with van der Waals surface area (Å²) < 4.78 is 0. The molecule has 1 unspecified atom stereocenters. The molecular weight excluding hydrogens is 188 g/mol. The summed E-state index contributed by atoms with van der Waals surface area (Å²) in [5.41, 5.74) is 1.09. The fraction of sp³-hybridized carbons (Fsp3) is 0.583. The lowest BCUT2D eigenvalue weighted by atomic mass is 10.0. The van der Waals surface area contributed by atoms with Crippen LogP contribution >= 0.6 is 0 Å². The van der Waals surface area contributed by atoms with E-state index in [1.54, 1.807) is 0 Å². The van der Waals surface area contributed by atoms with Crippen LogP contribution in [-0.2, 0) is 0 Å². The molecule has 1 fully saturated rings. The summed E-state index contributed by atoms with van der Waals surface area (Å²) in [4.78, 5) is 6.66. The minimum atomic E-state index is -0.162. The van der Waals surface area contributed by atoms with Crippen LogP contribution in [0.5, 0.6) is 0 Å². The van der Waals surface area contributed by atoms with E-state index in [4.69, 9.17) is 0 Å². The number of pyridine rings is 1. The van der Waals surface area contributed by atoms with E-state index >= 15 is 0 Å². The maximum Gasteiger partial charge on any atom is 0.0667 e. The number of aliphatic hydroxyl groups is 1. The molecule has 1 aliphatic rings. The zero-order valence-electron chi connectivity index (χ0n) is 9.13. The molecule has 0 spiro atoms. The third-order valence-electron chi connectivity index (χ3n) is 3.09. The normalized spacial score (nSPS) is 25.1. The van der Waals surface area contributed by atoms with Gasteiger partial charge in [0, 0.05) is 18.8 Å². The van der Waals surface area contributed by atoms with Gasteiger partial charge in [-0.1, -0.05) is 6.07 Å². The van der Waals surface area contributed by atoms with Gasteiger partial charge in [0.15, 0.2) is 0 Å². The molecule has 1 aliphatic heterocycles. The van der Waals surface area contributed by atoms with E-state index in [0.29, 0.717) is 6.04 Å². The van der Waals surface area contributed by atoms with Crippen LogP contribution in [0.2, 0.25) is 0 Å². The monoisotopic (exact) mass is 206 g/mol. The molecule has 82 valence electrons. The fourth-order valence-corrected chi connectivity index (χ4v) is 2.15. The van der Waals surface area contributed by atoms with E-state index in [2.05, 4.69) is 16.8 Å². The molecule has 0 amide bonds. The number of β-amino-alcohol motifs (C(OH)–C–C–N with tert-alkyl or cyclic N) is 1. The number of aromatic nitrogens is 1. The minimum Gasteiger partial charge on any atom is -0.392 e. The molecule has 0 aromatic carbocycles. The van der Waals surface area contributed by atoms with Gasteiger partial charge in [0.25, 0.3) is 0 Å². The topological polar surface area (TPSA) is 36.4 Å². The third-order valence-corrected chi connectivity index (χ3v) is 3.09. The van der Waals surface area contributed by atoms with E-state index in [0.717, 1.165) is 31.6 Å². The van der Waals surface area contributed by atoms with Gasteiger partial charge >= 0.3 is 0 Å². The second-order valence-corrected chi connectivity index (χ2v) is 4.22. The van der Waals surface area contributed by atoms with Crippen LogP contribution in [-0.4, -0.2) is 34.2 Å². The number of piperidine rings is 1. The Labute approximate surface area is 90.8 Å². The Bertz CT molecular complexity index is 302. The Morgan fingerprint density at radius 1 is 1.53 bits per heavy atom. The molecule has 3 heteroatoms. The van der Waals surface area contributed by atoms with Crippen LogP contribution in [0, 0.1) is 0 Å². The molecule has 2 atom stereocenters. The van der Waals surface area contributed by atoms with E-state index in [1.807, 2.05) is 24.4 Å². The van der Waals surface area contributed by atoms with Gasteiger partial charge in [-0.25, -0.2) is 0 Å². The van der Waals surface area contributed by atoms with E-state index < -0.39 is 0 Å². The van der Waals surface area contributed by atoms with Crippen molar-refractivity contribution in [1.29, 1.82) is 0 Å². The third kappa shape index (κ3) is 2.55. The lowest BCUT2D eigenvalue weighted by Gasteiger charge is -2.34. The molecule has 2 rings (SSSR count). The zero-order chi connectivity index (χ0) is 10.7. The average molecular weight is 206 g/mol. The van der Waals surface area contributed by atoms with Gasteiger partial charge in [0.1, 0.15) is 0 Å². The molecule has 0 bridgehead atoms. The molecule has 3 nitrogen and oxygen atoms in total. The van der Waals surface area contributed by atoms with Crippen molar-refractivity contribution >= 4 is 0 Å². The molecule has 1 N–H and O–H groups in total. The van der Waals surface area contributed by atoms with E-state index in [9.17, 15) is 5.11 Å². The Morgan fingerprint density at radius 2 is 2.40 bits per heavy atom. The molecular formula is C12H18N2O. The fourth-order valence-electron chi connectivity index (χ4n) is 2.15. The first-order valence-electron chi connectivity index (χ1n) is 5.60. The van der Waals surface area contributed by atoms with E-state index in [-0.39, 0.29) is 6.10 Å². The van der Waals surface area contributed by atoms with Crippen LogP contribution in [0.3, 0.4) is 0 Å². The van der Waals surface area contributed by atoms with Crippen molar-refractivity contribution in [2.24, 2.45) is 0 Å². The maximum atomic E-state index is 9.61. The summed E-state index contributed by atoms with van der Waals surface area (Å²) >= 11 is 0. The molecule has 1 saturated heterocycles. The van der Waals surface area contributed by atoms with Gasteiger partial charge in [0.2, 0.25) is 0 Å². The first-order valence-corrected chi connectivity index (χ1v) is 5.60. The summed E-state index contributed by atoms with van der Waals surface area (Å²) in [6.07, 6.45) is 3.68. The number of aliphatic hydroxyl groups excluding tert-OH is 1. The van der Waals surface area contributed by atoms with Gasteiger partial charge in [-0.2, -0.15) is 0 Å². The van der Waals surface area contributed by atoms with Gasteiger partial charge in [-0.15, -0.1) is 0 Å². The molecule has 2 heterocycles. The van der Waals surface area contributed by atoms with Crippen molar-refractivity contribution in [3.8, 4) is 0 Å². The summed E-state index contributed by atoms with van der Waals surface area (Å²) in [7, 11) is 0. The average Bonchev–Trinajstić information content (AvgIpc) is 2.29. The largest absolute Gasteiger partial charge is 0.392 e. The minimum absolute atomic E-state index is 0.162. The maximum absolute atomic E-state index is 9.61. The van der Waals surface area contributed by atoms with Crippen molar-refractivity contribution < 1.29 is 5.11 Å². The van der Waals surface area contributed by atoms with Crippen LogP contribution < -0.4 is 0 Å². The van der Waals surface area contributed by atoms with Crippen LogP contribution in [0.25, 0.3) is 0 Å². The van der Waals surface area contributed by atoms with E-state index in [1.165, 1.54) is 0 Å². The van der Waals surface area contributed by atoms with Crippen molar-refractivity contribution in [3.05, 3.63) is 30.1 Å². The van der Waals surface area contributed by atoms with Gasteiger partial charge in [-0.3, -0.25) is 9.88 Å². The van der Waals surface area contributed by atoms with Crippen molar-refractivity contribution in [2.45, 2.75) is 31.9 Å². The second-order valence-electron chi connectivity index (χ2n) is 4.22. The number of rotatable bonds is 2. The smallest absolute Gasteiger partial charge is 0.0667 e. The molecule has 1 aromatic rings. The zero-order valence-corrected chi connectivity index (χ0v) is 9.13. The van der Waals surface area contributed by atoms with Gasteiger partial charge in [0.05, 0.1) is 11.8 Å². The Balaban J connectivity index is 2.04. The number of nitrogens with zero attached hydrogens (tertiary/aromatic N) is 2. The highest BCUT2D eigenvalue weighted by molar-refractivity contribution is 5.08. The predicted octanol–water partition coefficient (Wildman–Crippen LogP) is 1.60. The first kappa shape index (κ1) is 10.6. The molecule has 15 heavy (non-hydrogen) atoms. The summed E-state index contributed by atoms with van der Waals surface area (Å²) in [5, 5.41) is 9.61. The molecule has 0 aliphatic carbocycles. The Hall–Kier alpha value is -0.930. The highest BCUT2D eigenvalue weighted by Crippen LogP contribution is 2.22. The highest BCUT2D eigenvalue weighted by Gasteiger charge is 2.23. The second kappa shape index (κ2) is 4.73. The van der Waals surface area contributed by atoms with Gasteiger partial charge < -0.3 is 5.11 Å². The van der Waals surface area contributed by atoms with Crippen molar-refractivity contribution in [2.75, 3.05) is 13.1 Å². The van der Waals surface area contributed by atoms with Crippen LogP contribution in [0.15, 0.2) is 24.4 Å². The first-order chi connectivity index (χ1) is 7.27. The Morgan fingerprint density at radius 3 is 3.07 bits per heavy atom. The quantitative estimate of drug-likeness (QED) is 0.798. The standard InChI is InChI=1S/C12H18N2O/c1-10(12-6-2-3-7-13-12)14-8-4-5-11(15)9-14/h2-3,6-7,10-11,15H,4-5,8-9H2,1H3/t10?,11-/m0/s1. The Kier molecular flexibility index (Phi) is 3.34. The SMILES string of the molecule is CC(c1ccccn1)N1CCC[C@H](O)C1. The van der Waals surface area contributed by atoms with Crippen LogP contribution in [0.4, 0.5) is 0 Å². The van der Waals surface area contributed by atoms with Gasteiger partial charge in [-0.05, 0) is 38.4 Å². The molecule has 1 aromatic heterocycles. The van der Waals surface area contributed by atoms with Crippen LogP contribution in [0.1, 0.15) is 31.5 Å². The lowest BCUT2D eigenvalue weighted by molar-refractivity contribution is 0.0494. The van der Waals surface area contributed by atoms with Crippen molar-refractivity contribution in [1.82, 2.24) is 9.88 Å². The summed E-state index contributed by atoms with van der Waals surface area (Å²) in [6.45, 7) is 3.99. The summed E-state index contributed by atoms with van der Waals surface area (Å²) in [5.74, 6) is 0. The number of hydrogen-bond acceptors (Lipinski definition) is 3. The number of hydrogen-bond donors (Lipinski definition) is 1. The predicted molar refractivity (Wildman–Crippen MR) is 59.5 cm³/mol. The molecule has 0 radical (unpaired) electrons. The highest BCUT2D eigenvalue weighted by atomic mass is 16.3.